The Morgan fingerprint density at radius 1 is 1.16 bits per heavy atom. The molecule has 0 aromatic carbocycles. The van der Waals surface area contributed by atoms with E-state index in [4.69, 9.17) is 0 Å². The van der Waals surface area contributed by atoms with Crippen LogP contribution in [0, 0.1) is 0 Å². The summed E-state index contributed by atoms with van der Waals surface area (Å²) in [7, 11) is 2.14. The number of amides is 1. The molecule has 0 N–H and O–H groups in total. The van der Waals surface area contributed by atoms with Gasteiger partial charge in [0.2, 0.25) is 5.91 Å². The molecule has 0 spiro atoms. The van der Waals surface area contributed by atoms with Gasteiger partial charge in [0.05, 0.1) is 6.54 Å². The van der Waals surface area contributed by atoms with Crippen LogP contribution in [0.15, 0.2) is 11.6 Å². The molecule has 110 valence electrons. The van der Waals surface area contributed by atoms with E-state index in [9.17, 15) is 4.79 Å². The minimum Gasteiger partial charge on any atom is -0.338 e. The predicted octanol–water partition coefficient (Wildman–Crippen LogP) is 1.44. The molecule has 2 rings (SSSR count). The van der Waals surface area contributed by atoms with Crippen molar-refractivity contribution in [3.05, 3.63) is 11.6 Å². The van der Waals surface area contributed by atoms with E-state index in [-0.39, 0.29) is 0 Å². The van der Waals surface area contributed by atoms with Crippen molar-refractivity contribution < 1.29 is 4.79 Å². The van der Waals surface area contributed by atoms with E-state index in [0.29, 0.717) is 12.5 Å². The highest BCUT2D eigenvalue weighted by molar-refractivity contribution is 5.78. The number of nitrogens with zero attached hydrogens (tertiary/aromatic N) is 3. The normalized spacial score (nSPS) is 21.5. The Morgan fingerprint density at radius 2 is 1.79 bits per heavy atom. The number of rotatable bonds is 2. The maximum Gasteiger partial charge on any atom is 0.237 e. The van der Waals surface area contributed by atoms with Gasteiger partial charge in [-0.3, -0.25) is 9.69 Å². The van der Waals surface area contributed by atoms with E-state index in [2.05, 4.69) is 29.8 Å². The number of likely N-dealkylation sites (N-methyl/N-ethyl adjacent to an activating group) is 1. The lowest BCUT2D eigenvalue weighted by Crippen LogP contribution is -2.49. The van der Waals surface area contributed by atoms with Crippen LogP contribution < -0.4 is 0 Å². The highest BCUT2D eigenvalue weighted by atomic mass is 16.2. The average molecular weight is 267 g/mol. The van der Waals surface area contributed by atoms with Crippen molar-refractivity contribution in [1.29, 1.82) is 0 Å². The van der Waals surface area contributed by atoms with E-state index in [1.165, 1.54) is 5.57 Å². The van der Waals surface area contributed by atoms with Gasteiger partial charge in [-0.25, -0.2) is 0 Å². The van der Waals surface area contributed by atoms with Crippen LogP contribution in [0.1, 0.15) is 27.2 Å². The number of piperazine rings is 1. The summed E-state index contributed by atoms with van der Waals surface area (Å²) in [5.41, 5.74) is 1.41. The molecule has 2 aliphatic heterocycles. The molecule has 0 radical (unpaired) electrons. The molecule has 4 heteroatoms. The molecule has 0 saturated carbocycles. The number of hydrogen-bond donors (Lipinski definition) is 0. The number of hydrogen-bond acceptors (Lipinski definition) is 3. The van der Waals surface area contributed by atoms with E-state index >= 15 is 0 Å². The fourth-order valence-corrected chi connectivity index (χ4v) is 2.29. The lowest BCUT2D eigenvalue weighted by Gasteiger charge is -2.34. The second kappa shape index (κ2) is 8.33. The summed E-state index contributed by atoms with van der Waals surface area (Å²) in [5.74, 6) is 0.290. The molecular formula is C15H29N3O. The lowest BCUT2D eigenvalue weighted by molar-refractivity contribution is -0.132. The average Bonchev–Trinajstić information content (AvgIpc) is 2.44. The van der Waals surface area contributed by atoms with Crippen molar-refractivity contribution >= 4 is 5.91 Å². The molecule has 0 atom stereocenters. The van der Waals surface area contributed by atoms with Crippen molar-refractivity contribution in [3.63, 3.8) is 0 Å². The maximum absolute atomic E-state index is 12.1. The van der Waals surface area contributed by atoms with Crippen LogP contribution >= 0.6 is 0 Å². The molecule has 2 heterocycles. The van der Waals surface area contributed by atoms with Crippen molar-refractivity contribution in [1.82, 2.24) is 14.7 Å². The first-order chi connectivity index (χ1) is 9.15. The molecule has 0 aromatic rings. The van der Waals surface area contributed by atoms with E-state index in [0.717, 1.165) is 45.7 Å². The molecule has 2 aliphatic rings. The third-order valence-corrected chi connectivity index (χ3v) is 3.74. The minimum absolute atomic E-state index is 0.290. The Kier molecular flexibility index (Phi) is 7.10. The second-order valence-corrected chi connectivity index (χ2v) is 5.22. The predicted molar refractivity (Wildman–Crippen MR) is 80.2 cm³/mol. The molecular weight excluding hydrogens is 238 g/mol. The van der Waals surface area contributed by atoms with Gasteiger partial charge < -0.3 is 9.80 Å². The van der Waals surface area contributed by atoms with Gasteiger partial charge in [-0.05, 0) is 20.4 Å². The molecule has 1 saturated heterocycles. The van der Waals surface area contributed by atoms with Crippen LogP contribution in [-0.4, -0.2) is 73.5 Å². The molecule has 1 fully saturated rings. The van der Waals surface area contributed by atoms with Crippen molar-refractivity contribution in [2.24, 2.45) is 0 Å². The first-order valence-corrected chi connectivity index (χ1v) is 7.49. The summed E-state index contributed by atoms with van der Waals surface area (Å²) in [6.07, 6.45) is 3.21. The highest BCUT2D eigenvalue weighted by Crippen LogP contribution is 2.10. The van der Waals surface area contributed by atoms with Crippen molar-refractivity contribution in [2.45, 2.75) is 27.2 Å². The standard InChI is InChI=1S/C13H23N3O.C2H6/c1-12-3-5-16(6-4-12)13(17)11-15-9-7-14(2)8-10-15;1-2/h3H,4-11H2,1-2H3;1-2H3. The monoisotopic (exact) mass is 267 g/mol. The Balaban J connectivity index is 0.000000861. The first-order valence-electron chi connectivity index (χ1n) is 7.49. The molecule has 0 aromatic heterocycles. The summed E-state index contributed by atoms with van der Waals surface area (Å²) < 4.78 is 0. The number of carbonyl (C=O) groups is 1. The second-order valence-electron chi connectivity index (χ2n) is 5.22. The van der Waals surface area contributed by atoms with Gasteiger partial charge in [0.1, 0.15) is 0 Å². The summed E-state index contributed by atoms with van der Waals surface area (Å²) in [6.45, 7) is 12.6. The van der Waals surface area contributed by atoms with Crippen LogP contribution in [0.4, 0.5) is 0 Å². The van der Waals surface area contributed by atoms with Gasteiger partial charge >= 0.3 is 0 Å². The first kappa shape index (κ1) is 16.2. The fraction of sp³-hybridized carbons (Fsp3) is 0.800. The molecule has 0 aliphatic carbocycles. The zero-order chi connectivity index (χ0) is 14.3. The largest absolute Gasteiger partial charge is 0.338 e. The smallest absolute Gasteiger partial charge is 0.237 e. The molecule has 19 heavy (non-hydrogen) atoms. The van der Waals surface area contributed by atoms with E-state index < -0.39 is 0 Å². The molecule has 0 unspecified atom stereocenters. The van der Waals surface area contributed by atoms with Gasteiger partial charge in [-0.1, -0.05) is 25.5 Å². The highest BCUT2D eigenvalue weighted by Gasteiger charge is 2.21. The molecule has 0 bridgehead atoms. The minimum atomic E-state index is 0.290. The van der Waals surface area contributed by atoms with Gasteiger partial charge in [-0.15, -0.1) is 0 Å². The SMILES string of the molecule is CC.CC1=CCN(C(=O)CN2CCN(C)CC2)CC1. The summed E-state index contributed by atoms with van der Waals surface area (Å²) in [5, 5.41) is 0. The summed E-state index contributed by atoms with van der Waals surface area (Å²) in [6, 6.07) is 0. The van der Waals surface area contributed by atoms with Gasteiger partial charge in [0.15, 0.2) is 0 Å². The molecule has 4 nitrogen and oxygen atoms in total. The Labute approximate surface area is 118 Å². The number of carbonyl (C=O) groups excluding carboxylic acids is 1. The maximum atomic E-state index is 12.1. The third-order valence-electron chi connectivity index (χ3n) is 3.74. The molecule has 1 amide bonds. The quantitative estimate of drug-likeness (QED) is 0.708. The van der Waals surface area contributed by atoms with Crippen LogP contribution in [0.3, 0.4) is 0 Å². The van der Waals surface area contributed by atoms with Gasteiger partial charge in [-0.2, -0.15) is 0 Å². The lowest BCUT2D eigenvalue weighted by atomic mass is 10.1. The zero-order valence-corrected chi connectivity index (χ0v) is 13.0. The fourth-order valence-electron chi connectivity index (χ4n) is 2.29. The van der Waals surface area contributed by atoms with Gasteiger partial charge in [0, 0.05) is 39.3 Å². The van der Waals surface area contributed by atoms with Crippen LogP contribution in [0.5, 0.6) is 0 Å². The van der Waals surface area contributed by atoms with Crippen LogP contribution in [-0.2, 0) is 4.79 Å². The topological polar surface area (TPSA) is 26.8 Å². The van der Waals surface area contributed by atoms with Crippen LogP contribution in [0.25, 0.3) is 0 Å². The Bertz CT molecular complexity index is 307. The van der Waals surface area contributed by atoms with E-state index in [1.807, 2.05) is 18.7 Å². The Morgan fingerprint density at radius 3 is 2.32 bits per heavy atom. The Hall–Kier alpha value is -0.870. The van der Waals surface area contributed by atoms with Gasteiger partial charge in [0.25, 0.3) is 0 Å². The summed E-state index contributed by atoms with van der Waals surface area (Å²) in [4.78, 5) is 18.7. The van der Waals surface area contributed by atoms with Crippen molar-refractivity contribution in [3.8, 4) is 0 Å². The van der Waals surface area contributed by atoms with Crippen LogP contribution in [0.2, 0.25) is 0 Å². The third kappa shape index (κ3) is 5.33. The zero-order valence-electron chi connectivity index (χ0n) is 13.0. The van der Waals surface area contributed by atoms with Crippen molar-refractivity contribution in [2.75, 3.05) is 52.9 Å². The summed E-state index contributed by atoms with van der Waals surface area (Å²) >= 11 is 0. The van der Waals surface area contributed by atoms with E-state index in [1.54, 1.807) is 0 Å².